The Hall–Kier alpha value is -3.20. The number of anilines is 1. The number of halogens is 1. The highest BCUT2D eigenvalue weighted by molar-refractivity contribution is 5.85. The van der Waals surface area contributed by atoms with Crippen LogP contribution in [0, 0.1) is 0 Å². The molecule has 0 aliphatic carbocycles. The molecule has 0 saturated carbocycles. The first-order chi connectivity index (χ1) is 13.7. The lowest BCUT2D eigenvalue weighted by Gasteiger charge is -2.27. The molecule has 1 fully saturated rings. The van der Waals surface area contributed by atoms with Crippen molar-refractivity contribution in [3.63, 3.8) is 0 Å². The number of ether oxygens (including phenoxy) is 1. The van der Waals surface area contributed by atoms with Crippen molar-refractivity contribution in [3.05, 3.63) is 42.9 Å². The third-order valence-electron chi connectivity index (χ3n) is 5.11. The van der Waals surface area contributed by atoms with E-state index in [0.29, 0.717) is 24.8 Å². The summed E-state index contributed by atoms with van der Waals surface area (Å²) >= 11 is 0. The van der Waals surface area contributed by atoms with Crippen LogP contribution in [0.5, 0.6) is 5.88 Å². The average molecular weight is 381 g/mol. The van der Waals surface area contributed by atoms with Gasteiger partial charge in [-0.2, -0.15) is 10.1 Å². The molecular weight excluding hydrogens is 361 g/mol. The normalized spacial score (nSPS) is 19.9. The predicted octanol–water partition coefficient (Wildman–Crippen LogP) is 2.16. The molecule has 1 aliphatic heterocycles. The zero-order valence-electron chi connectivity index (χ0n) is 15.3. The fraction of sp³-hybridized carbons (Fsp3) is 0.316. The average Bonchev–Trinajstić information content (AvgIpc) is 3.35. The van der Waals surface area contributed by atoms with Crippen molar-refractivity contribution in [1.82, 2.24) is 29.5 Å². The minimum atomic E-state index is -0.985. The number of piperidine rings is 1. The zero-order chi connectivity index (χ0) is 19.1. The van der Waals surface area contributed by atoms with Crippen molar-refractivity contribution in [2.24, 2.45) is 0 Å². The molecule has 4 aromatic heterocycles. The van der Waals surface area contributed by atoms with Gasteiger partial charge in [-0.05, 0) is 42.8 Å². The zero-order valence-corrected chi connectivity index (χ0v) is 15.3. The molecule has 0 amide bonds. The summed E-state index contributed by atoms with van der Waals surface area (Å²) in [5.41, 5.74) is 3.73. The van der Waals surface area contributed by atoms with Gasteiger partial charge in [0.15, 0.2) is 0 Å². The summed E-state index contributed by atoms with van der Waals surface area (Å²) < 4.78 is 23.2. The van der Waals surface area contributed by atoms with Crippen molar-refractivity contribution < 1.29 is 9.13 Å². The van der Waals surface area contributed by atoms with Crippen molar-refractivity contribution >= 4 is 17.0 Å². The number of pyridine rings is 1. The maximum atomic E-state index is 14.1. The van der Waals surface area contributed by atoms with Gasteiger partial charge in [0.2, 0.25) is 11.8 Å². The minimum Gasteiger partial charge on any atom is -0.479 e. The van der Waals surface area contributed by atoms with E-state index < -0.39 is 6.17 Å². The molecule has 2 atom stereocenters. The van der Waals surface area contributed by atoms with Crippen molar-refractivity contribution in [2.45, 2.75) is 18.6 Å². The lowest BCUT2D eigenvalue weighted by Crippen LogP contribution is -2.45. The van der Waals surface area contributed by atoms with Gasteiger partial charge in [0, 0.05) is 30.7 Å². The van der Waals surface area contributed by atoms with E-state index in [1.165, 1.54) is 0 Å². The Morgan fingerprint density at radius 3 is 3.00 bits per heavy atom. The predicted molar refractivity (Wildman–Crippen MR) is 104 cm³/mol. The van der Waals surface area contributed by atoms with Crippen molar-refractivity contribution in [3.8, 4) is 17.0 Å². The molecule has 5 rings (SSSR count). The molecule has 4 aromatic rings. The second-order valence-electron chi connectivity index (χ2n) is 6.84. The van der Waals surface area contributed by atoms with E-state index in [-0.39, 0.29) is 6.04 Å². The molecule has 1 saturated heterocycles. The monoisotopic (exact) mass is 381 g/mol. The van der Waals surface area contributed by atoms with Crippen LogP contribution in [0.25, 0.3) is 22.2 Å². The number of nitrogens with one attached hydrogen (secondary N) is 2. The van der Waals surface area contributed by atoms with Crippen molar-refractivity contribution in [2.75, 3.05) is 25.5 Å². The number of aromatic nitrogens is 5. The van der Waals surface area contributed by atoms with Crippen molar-refractivity contribution in [1.29, 1.82) is 0 Å². The van der Waals surface area contributed by atoms with Gasteiger partial charge < -0.3 is 15.4 Å². The third kappa shape index (κ3) is 2.84. The molecule has 1 aliphatic rings. The molecule has 0 radical (unpaired) electrons. The summed E-state index contributed by atoms with van der Waals surface area (Å²) in [6, 6.07) is 7.65. The Balaban J connectivity index is 1.55. The number of hydrogen-bond acceptors (Lipinski definition) is 6. The highest BCUT2D eigenvalue weighted by Crippen LogP contribution is 2.32. The summed E-state index contributed by atoms with van der Waals surface area (Å²) in [6.45, 7) is 1.10. The molecule has 1 unspecified atom stereocenters. The lowest BCUT2D eigenvalue weighted by atomic mass is 10.1. The summed E-state index contributed by atoms with van der Waals surface area (Å²) in [7, 11) is 1.57. The minimum absolute atomic E-state index is 0.317. The van der Waals surface area contributed by atoms with Crippen LogP contribution in [-0.2, 0) is 0 Å². The first kappa shape index (κ1) is 16.9. The maximum Gasteiger partial charge on any atom is 0.244 e. The van der Waals surface area contributed by atoms with Crippen LogP contribution in [-0.4, -0.2) is 56.6 Å². The summed E-state index contributed by atoms with van der Waals surface area (Å²) in [5, 5.41) is 14.9. The molecule has 8 nitrogen and oxygen atoms in total. The van der Waals surface area contributed by atoms with E-state index in [4.69, 9.17) is 4.74 Å². The molecule has 2 N–H and O–H groups in total. The molecular formula is C19H20FN7O. The first-order valence-corrected chi connectivity index (χ1v) is 9.21. The van der Waals surface area contributed by atoms with E-state index in [0.717, 1.165) is 28.7 Å². The van der Waals surface area contributed by atoms with Crippen LogP contribution in [0.4, 0.5) is 10.3 Å². The third-order valence-corrected chi connectivity index (χ3v) is 5.11. The molecule has 0 spiro atoms. The largest absolute Gasteiger partial charge is 0.479 e. The smallest absolute Gasteiger partial charge is 0.244 e. The number of alkyl halides is 1. The topological polar surface area (TPSA) is 80.8 Å². The van der Waals surface area contributed by atoms with E-state index in [2.05, 4.69) is 31.9 Å². The fourth-order valence-corrected chi connectivity index (χ4v) is 3.67. The maximum absolute atomic E-state index is 14.1. The Morgan fingerprint density at radius 2 is 2.14 bits per heavy atom. The molecule has 5 heterocycles. The highest BCUT2D eigenvalue weighted by atomic mass is 19.1. The second kappa shape index (κ2) is 6.75. The van der Waals surface area contributed by atoms with E-state index >= 15 is 0 Å². The number of rotatable bonds is 4. The van der Waals surface area contributed by atoms with E-state index in [9.17, 15) is 4.39 Å². The number of fused-ring (bicyclic) bond motifs is 2. The van der Waals surface area contributed by atoms with Gasteiger partial charge >= 0.3 is 0 Å². The molecule has 0 bridgehead atoms. The Morgan fingerprint density at radius 1 is 1.25 bits per heavy atom. The SMILES string of the molecule is COc1nc(NC2CCNC[C@@H]2F)nn2ccc(-c3ccn4nccc4c3)c12. The van der Waals surface area contributed by atoms with Crippen LogP contribution in [0.2, 0.25) is 0 Å². The summed E-state index contributed by atoms with van der Waals surface area (Å²) in [6.07, 6.45) is 5.22. The van der Waals surface area contributed by atoms with Gasteiger partial charge in [0.1, 0.15) is 11.7 Å². The first-order valence-electron chi connectivity index (χ1n) is 9.21. The summed E-state index contributed by atoms with van der Waals surface area (Å²) in [5.74, 6) is 0.794. The molecule has 28 heavy (non-hydrogen) atoms. The van der Waals surface area contributed by atoms with Gasteiger partial charge in [-0.25, -0.2) is 13.4 Å². The Kier molecular flexibility index (Phi) is 4.09. The number of nitrogens with zero attached hydrogens (tertiary/aromatic N) is 5. The number of hydrogen-bond donors (Lipinski definition) is 2. The van der Waals surface area contributed by atoms with Gasteiger partial charge in [0.25, 0.3) is 0 Å². The fourth-order valence-electron chi connectivity index (χ4n) is 3.67. The highest BCUT2D eigenvalue weighted by Gasteiger charge is 2.26. The number of methoxy groups -OCH3 is 1. The lowest BCUT2D eigenvalue weighted by molar-refractivity contribution is 0.244. The second-order valence-corrected chi connectivity index (χ2v) is 6.84. The molecule has 144 valence electrons. The Labute approximate surface area is 160 Å². The van der Waals surface area contributed by atoms with E-state index in [1.807, 2.05) is 35.1 Å². The molecule has 9 heteroatoms. The standard InChI is InChI=1S/C19H20FN7O/c1-28-18-17-14(12-4-8-26-13(10-12)2-7-22-26)5-9-27(17)25-19(24-18)23-16-3-6-21-11-15(16)20/h2,4-5,7-10,15-16,21H,3,6,11H2,1H3,(H,23,25)/t15-,16?/m0/s1. The quantitative estimate of drug-likeness (QED) is 0.564. The summed E-state index contributed by atoms with van der Waals surface area (Å²) in [4.78, 5) is 4.49. The van der Waals surface area contributed by atoms with Crippen LogP contribution >= 0.6 is 0 Å². The molecule has 0 aromatic carbocycles. The van der Waals surface area contributed by atoms with Gasteiger partial charge in [-0.1, -0.05) is 0 Å². The van der Waals surface area contributed by atoms with Gasteiger partial charge in [-0.15, -0.1) is 5.10 Å². The van der Waals surface area contributed by atoms with Crippen LogP contribution < -0.4 is 15.4 Å². The van der Waals surface area contributed by atoms with Gasteiger partial charge in [-0.3, -0.25) is 0 Å². The van der Waals surface area contributed by atoms with Gasteiger partial charge in [0.05, 0.1) is 18.7 Å². The van der Waals surface area contributed by atoms with Crippen LogP contribution in [0.15, 0.2) is 42.9 Å². The Bertz CT molecular complexity index is 1140. The van der Waals surface area contributed by atoms with E-state index in [1.54, 1.807) is 17.8 Å². The van der Waals surface area contributed by atoms with Crippen LogP contribution in [0.1, 0.15) is 6.42 Å². The van der Waals surface area contributed by atoms with Crippen LogP contribution in [0.3, 0.4) is 0 Å².